The monoisotopic (exact) mass is 138 g/mol. The Balaban J connectivity index is 3.96. The van der Waals surface area contributed by atoms with Crippen molar-refractivity contribution >= 4 is 6.29 Å². The van der Waals surface area contributed by atoms with Crippen molar-refractivity contribution in [2.24, 2.45) is 0 Å². The van der Waals surface area contributed by atoms with E-state index in [0.717, 1.165) is 12.7 Å². The average Bonchev–Trinajstić information content (AvgIpc) is 1.89. The van der Waals surface area contributed by atoms with Crippen LogP contribution >= 0.6 is 0 Å². The highest BCUT2D eigenvalue weighted by molar-refractivity contribution is 5.50. The van der Waals surface area contributed by atoms with Gasteiger partial charge in [0.15, 0.2) is 0 Å². The Morgan fingerprint density at radius 1 is 1.50 bits per heavy atom. The fourth-order valence-electron chi connectivity index (χ4n) is 0.771. The van der Waals surface area contributed by atoms with Gasteiger partial charge in [-0.1, -0.05) is 18.2 Å². The maximum atomic E-state index is 9.99. The predicted molar refractivity (Wildman–Crippen MR) is 43.9 cm³/mol. The Bertz CT molecular complexity index is 150. The van der Waals surface area contributed by atoms with Crippen LogP contribution in [0.25, 0.3) is 0 Å². The van der Waals surface area contributed by atoms with Crippen LogP contribution in [0.2, 0.25) is 0 Å². The molecular weight excluding hydrogens is 124 g/mol. The Morgan fingerprint density at radius 3 is 2.40 bits per heavy atom. The predicted octanol–water partition coefficient (Wildman–Crippen LogP) is 2.49. The van der Waals surface area contributed by atoms with Crippen molar-refractivity contribution in [1.82, 2.24) is 0 Å². The standard InChI is InChI=1S/C9H14O/c1-4-9(8(2)3)6-5-7-10/h4,7H,1,5-6H2,2-3H3. The lowest BCUT2D eigenvalue weighted by Crippen LogP contribution is -1.83. The number of allylic oxidation sites excluding steroid dienone is 3. The second-order valence-corrected chi connectivity index (χ2v) is 2.43. The first kappa shape index (κ1) is 9.15. The Labute approximate surface area is 62.4 Å². The van der Waals surface area contributed by atoms with Gasteiger partial charge in [0.2, 0.25) is 0 Å². The molecule has 0 fully saturated rings. The van der Waals surface area contributed by atoms with Crippen molar-refractivity contribution in [2.45, 2.75) is 26.7 Å². The molecule has 0 saturated carbocycles. The molecule has 0 spiro atoms. The van der Waals surface area contributed by atoms with Crippen LogP contribution in [0.5, 0.6) is 0 Å². The molecule has 0 heterocycles. The van der Waals surface area contributed by atoms with Crippen molar-refractivity contribution in [3.8, 4) is 0 Å². The van der Waals surface area contributed by atoms with Crippen molar-refractivity contribution in [3.05, 3.63) is 23.8 Å². The number of rotatable bonds is 4. The van der Waals surface area contributed by atoms with Gasteiger partial charge in [-0.25, -0.2) is 0 Å². The lowest BCUT2D eigenvalue weighted by molar-refractivity contribution is -0.107. The molecule has 0 aromatic rings. The van der Waals surface area contributed by atoms with Gasteiger partial charge in [0.25, 0.3) is 0 Å². The van der Waals surface area contributed by atoms with E-state index < -0.39 is 0 Å². The largest absolute Gasteiger partial charge is 0.303 e. The van der Waals surface area contributed by atoms with Crippen LogP contribution in [0.15, 0.2) is 23.8 Å². The fraction of sp³-hybridized carbons (Fsp3) is 0.444. The molecule has 10 heavy (non-hydrogen) atoms. The van der Waals surface area contributed by atoms with Gasteiger partial charge < -0.3 is 4.79 Å². The molecule has 56 valence electrons. The van der Waals surface area contributed by atoms with Gasteiger partial charge in [0.1, 0.15) is 6.29 Å². The molecule has 0 amide bonds. The van der Waals surface area contributed by atoms with E-state index >= 15 is 0 Å². The molecule has 0 aromatic carbocycles. The molecule has 1 nitrogen and oxygen atoms in total. The van der Waals surface area contributed by atoms with E-state index in [2.05, 4.69) is 6.58 Å². The van der Waals surface area contributed by atoms with Gasteiger partial charge in [0.05, 0.1) is 0 Å². The summed E-state index contributed by atoms with van der Waals surface area (Å²) in [7, 11) is 0. The van der Waals surface area contributed by atoms with Crippen LogP contribution in [-0.2, 0) is 4.79 Å². The number of carbonyl (C=O) groups is 1. The number of carbonyl (C=O) groups excluding carboxylic acids is 1. The van der Waals surface area contributed by atoms with Crippen LogP contribution in [0.3, 0.4) is 0 Å². The first-order chi connectivity index (χ1) is 4.72. The number of hydrogen-bond acceptors (Lipinski definition) is 1. The molecule has 0 aliphatic carbocycles. The van der Waals surface area contributed by atoms with E-state index in [-0.39, 0.29) is 0 Å². The third-order valence-electron chi connectivity index (χ3n) is 1.42. The first-order valence-corrected chi connectivity index (χ1v) is 3.44. The van der Waals surface area contributed by atoms with Crippen LogP contribution in [0, 0.1) is 0 Å². The minimum Gasteiger partial charge on any atom is -0.303 e. The van der Waals surface area contributed by atoms with Gasteiger partial charge in [-0.3, -0.25) is 0 Å². The average molecular weight is 138 g/mol. The minimum absolute atomic E-state index is 0.604. The summed E-state index contributed by atoms with van der Waals surface area (Å²) >= 11 is 0. The molecule has 1 heteroatoms. The first-order valence-electron chi connectivity index (χ1n) is 3.44. The van der Waals surface area contributed by atoms with Crippen LogP contribution in [0.4, 0.5) is 0 Å². The van der Waals surface area contributed by atoms with E-state index in [0.29, 0.717) is 6.42 Å². The molecular formula is C9H14O. The van der Waals surface area contributed by atoms with Crippen LogP contribution in [0.1, 0.15) is 26.7 Å². The third kappa shape index (κ3) is 3.23. The Morgan fingerprint density at radius 2 is 2.10 bits per heavy atom. The molecule has 0 N–H and O–H groups in total. The van der Waals surface area contributed by atoms with E-state index in [9.17, 15) is 4.79 Å². The maximum Gasteiger partial charge on any atom is 0.120 e. The Kier molecular flexibility index (Phi) is 4.55. The van der Waals surface area contributed by atoms with E-state index in [1.165, 1.54) is 11.1 Å². The molecule has 0 aliphatic heterocycles. The number of hydrogen-bond donors (Lipinski definition) is 0. The van der Waals surface area contributed by atoms with Crippen LogP contribution < -0.4 is 0 Å². The van der Waals surface area contributed by atoms with Crippen LogP contribution in [-0.4, -0.2) is 6.29 Å². The van der Waals surface area contributed by atoms with Gasteiger partial charge in [-0.2, -0.15) is 0 Å². The van der Waals surface area contributed by atoms with Crippen molar-refractivity contribution in [3.63, 3.8) is 0 Å². The third-order valence-corrected chi connectivity index (χ3v) is 1.42. The summed E-state index contributed by atoms with van der Waals surface area (Å²) in [6.07, 6.45) is 4.19. The van der Waals surface area contributed by atoms with Gasteiger partial charge in [-0.05, 0) is 25.8 Å². The second-order valence-electron chi connectivity index (χ2n) is 2.43. The SMILES string of the molecule is C=CC(CCC=O)=C(C)C. The van der Waals surface area contributed by atoms with Crippen molar-refractivity contribution < 1.29 is 4.79 Å². The number of aldehydes is 1. The van der Waals surface area contributed by atoms with E-state index in [4.69, 9.17) is 0 Å². The highest BCUT2D eigenvalue weighted by atomic mass is 16.1. The second kappa shape index (κ2) is 4.98. The summed E-state index contributed by atoms with van der Waals surface area (Å²) in [5.74, 6) is 0. The quantitative estimate of drug-likeness (QED) is 0.431. The Hall–Kier alpha value is -0.850. The lowest BCUT2D eigenvalue weighted by atomic mass is 10.1. The zero-order valence-electron chi connectivity index (χ0n) is 6.68. The fourth-order valence-corrected chi connectivity index (χ4v) is 0.771. The van der Waals surface area contributed by atoms with Gasteiger partial charge >= 0.3 is 0 Å². The maximum absolute atomic E-state index is 9.99. The normalized spacial score (nSPS) is 8.60. The van der Waals surface area contributed by atoms with E-state index in [1.54, 1.807) is 0 Å². The smallest absolute Gasteiger partial charge is 0.120 e. The summed E-state index contributed by atoms with van der Waals surface area (Å²) in [6, 6.07) is 0. The highest BCUT2D eigenvalue weighted by Crippen LogP contribution is 2.09. The molecule has 0 rings (SSSR count). The van der Waals surface area contributed by atoms with Gasteiger partial charge in [0, 0.05) is 6.42 Å². The summed E-state index contributed by atoms with van der Waals surface area (Å²) < 4.78 is 0. The van der Waals surface area contributed by atoms with Gasteiger partial charge in [-0.15, -0.1) is 0 Å². The summed E-state index contributed by atoms with van der Waals surface area (Å²) in [5.41, 5.74) is 2.43. The van der Waals surface area contributed by atoms with E-state index in [1.807, 2.05) is 19.9 Å². The molecule has 0 atom stereocenters. The summed E-state index contributed by atoms with van der Waals surface area (Å²) in [4.78, 5) is 9.99. The highest BCUT2D eigenvalue weighted by Gasteiger charge is 1.92. The molecule has 0 aliphatic rings. The summed E-state index contributed by atoms with van der Waals surface area (Å²) in [5, 5.41) is 0. The lowest BCUT2D eigenvalue weighted by Gasteiger charge is -1.99. The molecule has 0 bridgehead atoms. The molecule has 0 radical (unpaired) electrons. The zero-order chi connectivity index (χ0) is 7.98. The zero-order valence-corrected chi connectivity index (χ0v) is 6.68. The van der Waals surface area contributed by atoms with Crippen molar-refractivity contribution in [2.75, 3.05) is 0 Å². The van der Waals surface area contributed by atoms with Crippen molar-refractivity contribution in [1.29, 1.82) is 0 Å². The topological polar surface area (TPSA) is 17.1 Å². The molecule has 0 saturated heterocycles. The molecule has 0 aromatic heterocycles. The minimum atomic E-state index is 0.604. The summed E-state index contributed by atoms with van der Waals surface area (Å²) in [6.45, 7) is 7.72. The molecule has 0 unspecified atom stereocenters.